The molecule has 1 aromatic heterocycles. The highest BCUT2D eigenvalue weighted by Crippen LogP contribution is 2.33. The Bertz CT molecular complexity index is 618. The number of alkyl halides is 1. The monoisotopic (exact) mass is 308 g/mol. The van der Waals surface area contributed by atoms with Crippen molar-refractivity contribution in [1.82, 2.24) is 9.55 Å². The van der Waals surface area contributed by atoms with E-state index in [-0.39, 0.29) is 6.10 Å². The number of ether oxygens (including phenoxy) is 2. The van der Waals surface area contributed by atoms with E-state index in [1.807, 2.05) is 26.0 Å². The quantitative estimate of drug-likeness (QED) is 0.803. The molecule has 0 radical (unpaired) electrons. The normalized spacial score (nSPS) is 16.8. The first-order valence-electron chi connectivity index (χ1n) is 7.51. The van der Waals surface area contributed by atoms with Crippen molar-refractivity contribution in [3.8, 4) is 5.75 Å². The van der Waals surface area contributed by atoms with E-state index >= 15 is 0 Å². The minimum absolute atomic E-state index is 0.128. The lowest BCUT2D eigenvalue weighted by atomic mass is 10.1. The summed E-state index contributed by atoms with van der Waals surface area (Å²) in [6.45, 7) is 5.65. The lowest BCUT2D eigenvalue weighted by molar-refractivity contribution is 0.0700. The molecule has 114 valence electrons. The van der Waals surface area contributed by atoms with Crippen LogP contribution in [0.3, 0.4) is 0 Å². The van der Waals surface area contributed by atoms with Gasteiger partial charge in [0, 0.05) is 19.3 Å². The summed E-state index contributed by atoms with van der Waals surface area (Å²) in [4.78, 5) is 4.72. The van der Waals surface area contributed by atoms with E-state index in [1.54, 1.807) is 0 Å². The standard InChI is InChI=1S/C16H21ClN2O2/c1-11(2)21-14-5-3-4-13-16(14)18-15(10-17)19(13)12-6-8-20-9-7-12/h3-5,11-12H,6-10H2,1-2H3. The third kappa shape index (κ3) is 2.87. The van der Waals surface area contributed by atoms with Crippen LogP contribution in [0.1, 0.15) is 38.6 Å². The van der Waals surface area contributed by atoms with E-state index < -0.39 is 0 Å². The van der Waals surface area contributed by atoms with Gasteiger partial charge in [-0.15, -0.1) is 11.6 Å². The van der Waals surface area contributed by atoms with E-state index in [9.17, 15) is 0 Å². The summed E-state index contributed by atoms with van der Waals surface area (Å²) in [7, 11) is 0. The molecule has 0 bridgehead atoms. The maximum absolute atomic E-state index is 6.13. The van der Waals surface area contributed by atoms with Gasteiger partial charge in [-0.2, -0.15) is 0 Å². The van der Waals surface area contributed by atoms with Crippen molar-refractivity contribution in [2.75, 3.05) is 13.2 Å². The van der Waals surface area contributed by atoms with Crippen molar-refractivity contribution in [2.24, 2.45) is 0 Å². The molecule has 2 aromatic rings. The minimum Gasteiger partial charge on any atom is -0.489 e. The number of para-hydroxylation sites is 1. The summed E-state index contributed by atoms with van der Waals surface area (Å²) < 4.78 is 13.6. The highest BCUT2D eigenvalue weighted by Gasteiger charge is 2.22. The Balaban J connectivity index is 2.09. The average molecular weight is 309 g/mol. The number of rotatable bonds is 4. The topological polar surface area (TPSA) is 36.3 Å². The van der Waals surface area contributed by atoms with Crippen LogP contribution in [0, 0.1) is 0 Å². The average Bonchev–Trinajstić information content (AvgIpc) is 2.87. The Hall–Kier alpha value is -1.26. The number of benzene rings is 1. The molecular weight excluding hydrogens is 288 g/mol. The summed E-state index contributed by atoms with van der Waals surface area (Å²) >= 11 is 6.13. The largest absolute Gasteiger partial charge is 0.489 e. The lowest BCUT2D eigenvalue weighted by Gasteiger charge is -2.25. The van der Waals surface area contributed by atoms with Crippen molar-refractivity contribution >= 4 is 22.6 Å². The number of nitrogens with zero attached hydrogens (tertiary/aromatic N) is 2. The summed E-state index contributed by atoms with van der Waals surface area (Å²) in [6, 6.07) is 6.50. The van der Waals surface area contributed by atoms with Crippen LogP contribution in [0.2, 0.25) is 0 Å². The fraction of sp³-hybridized carbons (Fsp3) is 0.562. The molecule has 2 heterocycles. The van der Waals surface area contributed by atoms with Gasteiger partial charge in [0.1, 0.15) is 17.1 Å². The van der Waals surface area contributed by atoms with Crippen LogP contribution < -0.4 is 4.74 Å². The zero-order valence-corrected chi connectivity index (χ0v) is 13.3. The van der Waals surface area contributed by atoms with E-state index in [1.165, 1.54) is 0 Å². The molecule has 1 aliphatic rings. The third-order valence-corrected chi connectivity index (χ3v) is 4.03. The second kappa shape index (κ2) is 6.24. The second-order valence-corrected chi connectivity index (χ2v) is 5.93. The van der Waals surface area contributed by atoms with Gasteiger partial charge < -0.3 is 14.0 Å². The van der Waals surface area contributed by atoms with Gasteiger partial charge in [-0.25, -0.2) is 4.98 Å². The molecule has 1 saturated heterocycles. The number of halogens is 1. The van der Waals surface area contributed by atoms with Crippen molar-refractivity contribution < 1.29 is 9.47 Å². The number of hydrogen-bond donors (Lipinski definition) is 0. The van der Waals surface area contributed by atoms with Gasteiger partial charge in [-0.1, -0.05) is 6.07 Å². The molecule has 0 saturated carbocycles. The maximum atomic E-state index is 6.13. The zero-order valence-electron chi connectivity index (χ0n) is 12.5. The maximum Gasteiger partial charge on any atom is 0.147 e. The number of aromatic nitrogens is 2. The van der Waals surface area contributed by atoms with Crippen LogP contribution in [0.5, 0.6) is 5.75 Å². The summed E-state index contributed by atoms with van der Waals surface area (Å²) in [5.41, 5.74) is 2.02. The number of hydrogen-bond acceptors (Lipinski definition) is 3. The summed E-state index contributed by atoms with van der Waals surface area (Å²) in [5.74, 6) is 2.16. The van der Waals surface area contributed by atoms with Crippen LogP contribution in [0.4, 0.5) is 0 Å². The smallest absolute Gasteiger partial charge is 0.147 e. The molecule has 4 nitrogen and oxygen atoms in total. The fourth-order valence-corrected chi connectivity index (χ4v) is 3.12. The molecule has 1 aromatic carbocycles. The third-order valence-electron chi connectivity index (χ3n) is 3.79. The Kier molecular flexibility index (Phi) is 4.36. The van der Waals surface area contributed by atoms with Crippen LogP contribution in [0.15, 0.2) is 18.2 Å². The predicted octanol–water partition coefficient (Wildman–Crippen LogP) is 3.91. The Morgan fingerprint density at radius 3 is 2.81 bits per heavy atom. The van der Waals surface area contributed by atoms with Crippen molar-refractivity contribution in [2.45, 2.75) is 44.7 Å². The molecule has 0 aliphatic carbocycles. The van der Waals surface area contributed by atoms with E-state index in [2.05, 4.69) is 10.6 Å². The number of fused-ring (bicyclic) bond motifs is 1. The van der Waals surface area contributed by atoms with Gasteiger partial charge in [-0.3, -0.25) is 0 Å². The van der Waals surface area contributed by atoms with Gasteiger partial charge >= 0.3 is 0 Å². The SMILES string of the molecule is CC(C)Oc1cccc2c1nc(CCl)n2C1CCOCC1. The molecule has 0 spiro atoms. The van der Waals surface area contributed by atoms with Crippen LogP contribution in [-0.4, -0.2) is 28.9 Å². The van der Waals surface area contributed by atoms with Crippen LogP contribution in [0.25, 0.3) is 11.0 Å². The molecule has 1 aliphatic heterocycles. The van der Waals surface area contributed by atoms with E-state index in [0.717, 1.165) is 48.7 Å². The molecule has 0 N–H and O–H groups in total. The molecule has 5 heteroatoms. The van der Waals surface area contributed by atoms with Crippen molar-refractivity contribution in [3.05, 3.63) is 24.0 Å². The first-order valence-corrected chi connectivity index (χ1v) is 8.04. The first-order chi connectivity index (χ1) is 10.2. The van der Waals surface area contributed by atoms with Gasteiger partial charge in [0.15, 0.2) is 0 Å². The molecule has 0 unspecified atom stereocenters. The first kappa shape index (κ1) is 14.7. The summed E-state index contributed by atoms with van der Waals surface area (Å²) in [5, 5.41) is 0. The highest BCUT2D eigenvalue weighted by atomic mass is 35.5. The predicted molar refractivity (Wildman–Crippen MR) is 84.1 cm³/mol. The number of imidazole rings is 1. The minimum atomic E-state index is 0.128. The van der Waals surface area contributed by atoms with Crippen LogP contribution in [-0.2, 0) is 10.6 Å². The van der Waals surface area contributed by atoms with Gasteiger partial charge in [0.25, 0.3) is 0 Å². The fourth-order valence-electron chi connectivity index (χ4n) is 2.93. The van der Waals surface area contributed by atoms with Crippen LogP contribution >= 0.6 is 11.6 Å². The Labute approximate surface area is 130 Å². The summed E-state index contributed by atoms with van der Waals surface area (Å²) in [6.07, 6.45) is 2.14. The molecule has 1 fully saturated rings. The van der Waals surface area contributed by atoms with Crippen molar-refractivity contribution in [3.63, 3.8) is 0 Å². The molecule has 21 heavy (non-hydrogen) atoms. The Morgan fingerprint density at radius 1 is 1.38 bits per heavy atom. The molecule has 0 amide bonds. The van der Waals surface area contributed by atoms with Gasteiger partial charge in [-0.05, 0) is 38.8 Å². The van der Waals surface area contributed by atoms with Crippen molar-refractivity contribution in [1.29, 1.82) is 0 Å². The van der Waals surface area contributed by atoms with E-state index in [4.69, 9.17) is 26.1 Å². The van der Waals surface area contributed by atoms with Gasteiger partial charge in [0.05, 0.1) is 17.5 Å². The van der Waals surface area contributed by atoms with E-state index in [0.29, 0.717) is 11.9 Å². The molecule has 3 rings (SSSR count). The lowest BCUT2D eigenvalue weighted by Crippen LogP contribution is -2.20. The zero-order chi connectivity index (χ0) is 14.8. The highest BCUT2D eigenvalue weighted by molar-refractivity contribution is 6.16. The van der Waals surface area contributed by atoms with Gasteiger partial charge in [0.2, 0.25) is 0 Å². The molecule has 0 atom stereocenters. The Morgan fingerprint density at radius 2 is 2.14 bits per heavy atom. The molecular formula is C16H21ClN2O2. The second-order valence-electron chi connectivity index (χ2n) is 5.67.